The van der Waals surface area contributed by atoms with Gasteiger partial charge < -0.3 is 14.7 Å². The van der Waals surface area contributed by atoms with Crippen LogP contribution in [0.3, 0.4) is 0 Å². The van der Waals surface area contributed by atoms with Gasteiger partial charge in [-0.15, -0.1) is 0 Å². The fraction of sp³-hybridized carbons (Fsp3) is 0.333. The second kappa shape index (κ2) is 7.38. The van der Waals surface area contributed by atoms with Gasteiger partial charge in [-0.05, 0) is 55.7 Å². The second-order valence-electron chi connectivity index (χ2n) is 9.01. The number of aromatic amines is 1. The molecule has 0 aliphatic heterocycles. The lowest BCUT2D eigenvalue weighted by molar-refractivity contribution is -0.142. The Morgan fingerprint density at radius 1 is 1.24 bits per heavy atom. The van der Waals surface area contributed by atoms with Gasteiger partial charge in [0.15, 0.2) is 11.6 Å². The number of rotatable bonds is 3. The third kappa shape index (κ3) is 3.15. The van der Waals surface area contributed by atoms with Crippen molar-refractivity contribution in [2.45, 2.75) is 25.7 Å². The Bertz CT molecular complexity index is 1460. The molecule has 4 aromatic rings. The average Bonchev–Trinajstić information content (AvgIpc) is 3.38. The maximum absolute atomic E-state index is 14.4. The Kier molecular flexibility index (Phi) is 4.55. The molecule has 2 N–H and O–H groups in total. The number of H-pyrrole nitrogens is 1. The average molecular weight is 466 g/mol. The van der Waals surface area contributed by atoms with Crippen LogP contribution >= 0.6 is 11.6 Å². The zero-order chi connectivity index (χ0) is 22.9. The number of carboxylic acids is 1. The van der Waals surface area contributed by atoms with E-state index in [1.54, 1.807) is 12.3 Å². The number of benzene rings is 1. The van der Waals surface area contributed by atoms with Gasteiger partial charge in [-0.2, -0.15) is 0 Å². The van der Waals surface area contributed by atoms with Crippen LogP contribution in [0.4, 0.5) is 10.2 Å². The summed E-state index contributed by atoms with van der Waals surface area (Å²) in [6, 6.07) is 4.82. The van der Waals surface area contributed by atoms with Crippen molar-refractivity contribution in [1.29, 1.82) is 0 Å². The smallest absolute Gasteiger partial charge is 0.312 e. The number of aryl methyl sites for hydroxylation is 1. The van der Waals surface area contributed by atoms with E-state index in [4.69, 9.17) is 26.6 Å². The molecule has 0 amide bonds. The van der Waals surface area contributed by atoms with Crippen LogP contribution in [0.25, 0.3) is 33.3 Å². The van der Waals surface area contributed by atoms with E-state index >= 15 is 0 Å². The highest BCUT2D eigenvalue weighted by molar-refractivity contribution is 6.31. The highest BCUT2D eigenvalue weighted by Crippen LogP contribution is 2.45. The van der Waals surface area contributed by atoms with Gasteiger partial charge in [0.05, 0.1) is 16.8 Å². The first-order valence-electron chi connectivity index (χ1n) is 11.0. The number of nitrogens with one attached hydrogen (secondary N) is 1. The van der Waals surface area contributed by atoms with Crippen LogP contribution in [0.2, 0.25) is 5.02 Å². The van der Waals surface area contributed by atoms with Crippen molar-refractivity contribution in [2.24, 2.45) is 29.8 Å². The molecule has 3 aliphatic carbocycles. The molecule has 1 aromatic carbocycles. The molecule has 0 spiro atoms. The number of carbonyl (C=O) groups is 1. The minimum atomic E-state index is -0.816. The first kappa shape index (κ1) is 20.4. The van der Waals surface area contributed by atoms with Crippen LogP contribution in [-0.2, 0) is 11.8 Å². The van der Waals surface area contributed by atoms with Crippen molar-refractivity contribution in [3.05, 3.63) is 41.4 Å². The molecule has 9 heteroatoms. The lowest BCUT2D eigenvalue weighted by Crippen LogP contribution is -2.44. The maximum Gasteiger partial charge on any atom is 0.312 e. The zero-order valence-electron chi connectivity index (χ0n) is 17.8. The van der Waals surface area contributed by atoms with E-state index in [0.717, 1.165) is 31.1 Å². The third-order valence-corrected chi connectivity index (χ3v) is 7.35. The topological polar surface area (TPSA) is 96.2 Å². The van der Waals surface area contributed by atoms with Gasteiger partial charge in [-0.3, -0.25) is 4.79 Å². The first-order chi connectivity index (χ1) is 15.9. The molecule has 3 aromatic heterocycles. The van der Waals surface area contributed by atoms with Gasteiger partial charge in [0, 0.05) is 41.1 Å². The number of hydrogen-bond donors (Lipinski definition) is 2. The van der Waals surface area contributed by atoms with Gasteiger partial charge >= 0.3 is 5.97 Å². The fourth-order valence-corrected chi connectivity index (χ4v) is 5.73. The highest BCUT2D eigenvalue weighted by atomic mass is 35.5. The molecule has 3 fully saturated rings. The summed E-state index contributed by atoms with van der Waals surface area (Å²) in [5.41, 5.74) is 2.32. The van der Waals surface area contributed by atoms with Crippen molar-refractivity contribution < 1.29 is 14.3 Å². The molecule has 7 nitrogen and oxygen atoms in total. The summed E-state index contributed by atoms with van der Waals surface area (Å²) in [5.74, 6) is -0.733. The van der Waals surface area contributed by atoms with Gasteiger partial charge in [-0.25, -0.2) is 19.4 Å². The predicted molar refractivity (Wildman–Crippen MR) is 124 cm³/mol. The van der Waals surface area contributed by atoms with Crippen LogP contribution in [0.5, 0.6) is 0 Å². The van der Waals surface area contributed by atoms with E-state index < -0.39 is 17.7 Å². The van der Waals surface area contributed by atoms with Crippen molar-refractivity contribution in [3.8, 4) is 11.4 Å². The quantitative estimate of drug-likeness (QED) is 0.417. The van der Waals surface area contributed by atoms with Crippen molar-refractivity contribution in [1.82, 2.24) is 19.5 Å². The molecule has 0 radical (unpaired) electrons. The number of fused-ring (bicyclic) bond motifs is 5. The van der Waals surface area contributed by atoms with Gasteiger partial charge in [0.1, 0.15) is 11.5 Å². The Morgan fingerprint density at radius 2 is 2.03 bits per heavy atom. The van der Waals surface area contributed by atoms with E-state index in [1.807, 2.05) is 23.9 Å². The highest BCUT2D eigenvalue weighted by Gasteiger charge is 2.44. The van der Waals surface area contributed by atoms with Crippen LogP contribution in [0.1, 0.15) is 25.7 Å². The largest absolute Gasteiger partial charge is 0.481 e. The molecule has 3 saturated carbocycles. The van der Waals surface area contributed by atoms with Crippen LogP contribution in [-0.4, -0.2) is 36.3 Å². The Balaban J connectivity index is 1.57. The molecule has 2 bridgehead atoms. The molecular formula is C24H21ClFN5O2. The number of hydrogen-bond acceptors (Lipinski definition) is 4. The molecule has 0 saturated heterocycles. The van der Waals surface area contributed by atoms with E-state index in [-0.39, 0.29) is 16.9 Å². The minimum absolute atomic E-state index is 0.123. The lowest BCUT2D eigenvalue weighted by Gasteiger charge is -2.41. The second-order valence-corrected chi connectivity index (χ2v) is 9.45. The minimum Gasteiger partial charge on any atom is -0.481 e. The maximum atomic E-state index is 14.4. The molecule has 33 heavy (non-hydrogen) atoms. The lowest BCUT2D eigenvalue weighted by atomic mass is 9.63. The van der Waals surface area contributed by atoms with Crippen LogP contribution in [0.15, 0.2) is 35.6 Å². The van der Waals surface area contributed by atoms with E-state index in [2.05, 4.69) is 4.98 Å². The molecule has 1 atom stereocenters. The standard InChI is InChI=1S/C24H21ClFN5O2/c1-31-7-6-14-21(28-19-12-4-2-11(3-5-12)18(19)24(32)33)29-22(30-23(14)31)16-10-27-20-15(16)8-13(25)9-17(20)26/h6-12,18,27H,2-5H2,1H3,(H,32,33)/t11?,12?,18-/m1/s1. The van der Waals surface area contributed by atoms with Crippen LogP contribution in [0, 0.1) is 23.6 Å². The van der Waals surface area contributed by atoms with Crippen molar-refractivity contribution in [2.75, 3.05) is 0 Å². The van der Waals surface area contributed by atoms with E-state index in [9.17, 15) is 14.3 Å². The number of aliphatic imine (C=N–C) groups is 1. The molecule has 0 unspecified atom stereocenters. The SMILES string of the molecule is Cn1ccc2c(N=C3C4CCC(CC4)[C@H]3C(=O)O)nc(-c3c[nH]c4c(F)cc(Cl)cc34)nc21. The summed E-state index contributed by atoms with van der Waals surface area (Å²) < 4.78 is 16.3. The van der Waals surface area contributed by atoms with Crippen molar-refractivity contribution in [3.63, 3.8) is 0 Å². The number of carboxylic acid groups (broad SMARTS) is 1. The Labute approximate surface area is 193 Å². The molecule has 3 heterocycles. The summed E-state index contributed by atoms with van der Waals surface area (Å²) >= 11 is 6.11. The Morgan fingerprint density at radius 3 is 2.79 bits per heavy atom. The summed E-state index contributed by atoms with van der Waals surface area (Å²) in [5, 5.41) is 11.5. The fourth-order valence-electron chi connectivity index (χ4n) is 5.52. The van der Waals surface area contributed by atoms with Crippen molar-refractivity contribution >= 4 is 51.0 Å². The predicted octanol–water partition coefficient (Wildman–Crippen LogP) is 5.50. The number of aliphatic carboxylic acids is 1. The van der Waals surface area contributed by atoms with Gasteiger partial charge in [0.25, 0.3) is 0 Å². The molecule has 7 rings (SSSR count). The summed E-state index contributed by atoms with van der Waals surface area (Å²) in [7, 11) is 1.88. The first-order valence-corrected chi connectivity index (χ1v) is 11.4. The number of aromatic nitrogens is 4. The zero-order valence-corrected chi connectivity index (χ0v) is 18.6. The summed E-state index contributed by atoms with van der Waals surface area (Å²) in [6.45, 7) is 0. The summed E-state index contributed by atoms with van der Waals surface area (Å²) in [4.78, 5) is 29.4. The van der Waals surface area contributed by atoms with E-state index in [0.29, 0.717) is 39.5 Å². The van der Waals surface area contributed by atoms with Gasteiger partial charge in [0.2, 0.25) is 0 Å². The Hall–Kier alpha value is -3.26. The summed E-state index contributed by atoms with van der Waals surface area (Å²) in [6.07, 6.45) is 7.32. The monoisotopic (exact) mass is 465 g/mol. The van der Waals surface area contributed by atoms with Gasteiger partial charge in [-0.1, -0.05) is 11.6 Å². The normalized spacial score (nSPS) is 23.7. The van der Waals surface area contributed by atoms with E-state index in [1.165, 1.54) is 6.07 Å². The number of nitrogens with zero attached hydrogens (tertiary/aromatic N) is 4. The molecule has 3 aliphatic rings. The number of halogens is 2. The molecule has 168 valence electrons. The van der Waals surface area contributed by atoms with Crippen LogP contribution < -0.4 is 0 Å². The molecular weight excluding hydrogens is 445 g/mol. The third-order valence-electron chi connectivity index (χ3n) is 7.13.